The maximum atomic E-state index is 9.58. The van der Waals surface area contributed by atoms with Crippen LogP contribution in [0.25, 0.3) is 33.4 Å². The van der Waals surface area contributed by atoms with Gasteiger partial charge >= 0.3 is 0 Å². The van der Waals surface area contributed by atoms with Crippen molar-refractivity contribution < 1.29 is 14.9 Å². The van der Waals surface area contributed by atoms with E-state index in [1.807, 2.05) is 74.5 Å². The molecular formula is C31H31ClN6O3. The van der Waals surface area contributed by atoms with Gasteiger partial charge in [0.2, 0.25) is 5.88 Å². The van der Waals surface area contributed by atoms with Crippen molar-refractivity contribution >= 4 is 34.1 Å². The molecule has 10 heteroatoms. The SMILES string of the molecule is COc1nc(-c2cccc(-c3cccc(Nc4nc(C)nc5cccnc45)c3C)c2Cl)ccc1CNCC(O)CO. The van der Waals surface area contributed by atoms with E-state index in [1.54, 1.807) is 13.3 Å². The summed E-state index contributed by atoms with van der Waals surface area (Å²) in [4.78, 5) is 18.3. The van der Waals surface area contributed by atoms with Crippen molar-refractivity contribution in [1.29, 1.82) is 0 Å². The first kappa shape index (κ1) is 28.4. The highest BCUT2D eigenvalue weighted by Gasteiger charge is 2.17. The number of pyridine rings is 2. The van der Waals surface area contributed by atoms with Crippen LogP contribution in [-0.2, 0) is 6.54 Å². The molecule has 3 aromatic heterocycles. The third-order valence-corrected chi connectivity index (χ3v) is 7.16. The average molecular weight is 571 g/mol. The first-order chi connectivity index (χ1) is 19.9. The van der Waals surface area contributed by atoms with E-state index in [9.17, 15) is 5.11 Å². The Balaban J connectivity index is 1.47. The number of anilines is 2. The second kappa shape index (κ2) is 12.6. The zero-order chi connectivity index (χ0) is 28.9. The van der Waals surface area contributed by atoms with Crippen LogP contribution in [0.1, 0.15) is 17.0 Å². The smallest absolute Gasteiger partial charge is 0.218 e. The molecule has 0 saturated heterocycles. The molecule has 0 saturated carbocycles. The van der Waals surface area contributed by atoms with Crippen LogP contribution >= 0.6 is 11.6 Å². The number of methoxy groups -OCH3 is 1. The zero-order valence-corrected chi connectivity index (χ0v) is 23.8. The molecular weight excluding hydrogens is 540 g/mol. The molecule has 9 nitrogen and oxygen atoms in total. The second-order valence-electron chi connectivity index (χ2n) is 9.59. The Morgan fingerprint density at radius 3 is 2.51 bits per heavy atom. The number of ether oxygens (including phenoxy) is 1. The van der Waals surface area contributed by atoms with E-state index in [4.69, 9.17) is 26.4 Å². The van der Waals surface area contributed by atoms with Gasteiger partial charge in [-0.05, 0) is 49.2 Å². The van der Waals surface area contributed by atoms with Crippen molar-refractivity contribution in [2.24, 2.45) is 0 Å². The van der Waals surface area contributed by atoms with Gasteiger partial charge in [0.05, 0.1) is 36.1 Å². The van der Waals surface area contributed by atoms with Gasteiger partial charge in [-0.25, -0.2) is 15.0 Å². The number of nitrogens with zero attached hydrogens (tertiary/aromatic N) is 4. The first-order valence-corrected chi connectivity index (χ1v) is 13.6. The van der Waals surface area contributed by atoms with E-state index in [0.717, 1.165) is 39.0 Å². The van der Waals surface area contributed by atoms with Gasteiger partial charge < -0.3 is 25.6 Å². The molecule has 41 heavy (non-hydrogen) atoms. The van der Waals surface area contributed by atoms with Crippen LogP contribution in [0.4, 0.5) is 11.5 Å². The lowest BCUT2D eigenvalue weighted by atomic mass is 9.96. The molecule has 5 aromatic rings. The fourth-order valence-corrected chi connectivity index (χ4v) is 4.99. The molecule has 0 spiro atoms. The molecule has 0 aliphatic carbocycles. The number of nitrogens with one attached hydrogen (secondary N) is 2. The Hall–Kier alpha value is -4.15. The predicted molar refractivity (Wildman–Crippen MR) is 162 cm³/mol. The Kier molecular flexibility index (Phi) is 8.70. The largest absolute Gasteiger partial charge is 0.481 e. The number of hydrogen-bond donors (Lipinski definition) is 4. The standard InChI is InChI=1S/C31H31ClN6O3/c1-18-22(7-5-10-25(18)37-30-29-27(11-6-14-34-29)35-19(2)36-30)23-8-4-9-24(28(23)32)26-13-12-20(31(38-26)41-3)15-33-16-21(40)17-39/h4-14,21,33,39-40H,15-17H2,1-3H3,(H,35,36,37). The molecule has 4 N–H and O–H groups in total. The second-order valence-corrected chi connectivity index (χ2v) is 9.97. The molecule has 0 bridgehead atoms. The van der Waals surface area contributed by atoms with E-state index in [1.165, 1.54) is 0 Å². The van der Waals surface area contributed by atoms with Crippen molar-refractivity contribution in [3.8, 4) is 28.3 Å². The van der Waals surface area contributed by atoms with Gasteiger partial charge in [0.15, 0.2) is 5.82 Å². The molecule has 1 unspecified atom stereocenters. The van der Waals surface area contributed by atoms with Crippen molar-refractivity contribution in [2.45, 2.75) is 26.5 Å². The Labute approximate surface area is 243 Å². The fourth-order valence-electron chi connectivity index (χ4n) is 4.67. The van der Waals surface area contributed by atoms with Gasteiger partial charge in [-0.2, -0.15) is 0 Å². The molecule has 0 fully saturated rings. The Morgan fingerprint density at radius 1 is 0.927 bits per heavy atom. The third kappa shape index (κ3) is 6.13. The molecule has 5 rings (SSSR count). The number of aryl methyl sites for hydroxylation is 1. The number of halogens is 1. The lowest BCUT2D eigenvalue weighted by Gasteiger charge is -2.17. The molecule has 0 amide bonds. The van der Waals surface area contributed by atoms with Gasteiger partial charge in [0.1, 0.15) is 11.3 Å². The van der Waals surface area contributed by atoms with E-state index in [-0.39, 0.29) is 13.2 Å². The van der Waals surface area contributed by atoms with Crippen molar-refractivity contribution in [3.63, 3.8) is 0 Å². The maximum Gasteiger partial charge on any atom is 0.218 e. The van der Waals surface area contributed by atoms with Crippen LogP contribution in [0, 0.1) is 13.8 Å². The van der Waals surface area contributed by atoms with E-state index >= 15 is 0 Å². The average Bonchev–Trinajstić information content (AvgIpc) is 2.98. The van der Waals surface area contributed by atoms with Crippen molar-refractivity contribution in [2.75, 3.05) is 25.6 Å². The highest BCUT2D eigenvalue weighted by atomic mass is 35.5. The van der Waals surface area contributed by atoms with Gasteiger partial charge in [0.25, 0.3) is 0 Å². The summed E-state index contributed by atoms with van der Waals surface area (Å²) in [5, 5.41) is 25.7. The molecule has 0 radical (unpaired) electrons. The zero-order valence-electron chi connectivity index (χ0n) is 23.0. The van der Waals surface area contributed by atoms with Gasteiger partial charge in [0, 0.05) is 41.7 Å². The first-order valence-electron chi connectivity index (χ1n) is 13.2. The molecule has 3 heterocycles. The third-order valence-electron chi connectivity index (χ3n) is 6.76. The summed E-state index contributed by atoms with van der Waals surface area (Å²) >= 11 is 7.04. The van der Waals surface area contributed by atoms with Crippen LogP contribution < -0.4 is 15.4 Å². The van der Waals surface area contributed by atoms with E-state index < -0.39 is 6.10 Å². The Morgan fingerprint density at radius 2 is 1.71 bits per heavy atom. The number of aromatic nitrogens is 4. The maximum absolute atomic E-state index is 9.58. The van der Waals surface area contributed by atoms with Crippen LogP contribution in [0.5, 0.6) is 5.88 Å². The van der Waals surface area contributed by atoms with Crippen LogP contribution in [0.3, 0.4) is 0 Å². The van der Waals surface area contributed by atoms with Gasteiger partial charge in [-0.15, -0.1) is 0 Å². The number of aliphatic hydroxyl groups is 2. The fraction of sp³-hybridized carbons (Fsp3) is 0.226. The minimum absolute atomic E-state index is 0.256. The number of fused-ring (bicyclic) bond motifs is 1. The summed E-state index contributed by atoms with van der Waals surface area (Å²) in [6.07, 6.45) is 0.905. The quantitative estimate of drug-likeness (QED) is 0.179. The van der Waals surface area contributed by atoms with Gasteiger partial charge in [-0.1, -0.05) is 48.0 Å². The monoisotopic (exact) mass is 570 g/mol. The molecule has 0 aliphatic heterocycles. The highest BCUT2D eigenvalue weighted by Crippen LogP contribution is 2.39. The summed E-state index contributed by atoms with van der Waals surface area (Å²) in [7, 11) is 1.57. The summed E-state index contributed by atoms with van der Waals surface area (Å²) in [5.74, 6) is 1.76. The minimum Gasteiger partial charge on any atom is -0.481 e. The van der Waals surface area contributed by atoms with Crippen LogP contribution in [-0.4, -0.2) is 56.5 Å². The normalized spacial score (nSPS) is 12.0. The number of hydrogen-bond acceptors (Lipinski definition) is 9. The molecule has 210 valence electrons. The van der Waals surface area contributed by atoms with Crippen molar-refractivity contribution in [1.82, 2.24) is 25.3 Å². The summed E-state index contributed by atoms with van der Waals surface area (Å²) < 4.78 is 5.55. The lowest BCUT2D eigenvalue weighted by molar-refractivity contribution is 0.0941. The van der Waals surface area contributed by atoms with Crippen LogP contribution in [0.15, 0.2) is 66.9 Å². The van der Waals surface area contributed by atoms with Crippen molar-refractivity contribution in [3.05, 3.63) is 88.8 Å². The van der Waals surface area contributed by atoms with Crippen LogP contribution in [0.2, 0.25) is 5.02 Å². The summed E-state index contributed by atoms with van der Waals surface area (Å²) in [5.41, 5.74) is 7.49. The van der Waals surface area contributed by atoms with Gasteiger partial charge in [-0.3, -0.25) is 4.98 Å². The molecule has 0 aliphatic rings. The minimum atomic E-state index is -0.826. The number of rotatable bonds is 10. The number of benzene rings is 2. The summed E-state index contributed by atoms with van der Waals surface area (Å²) in [6.45, 7) is 4.28. The lowest BCUT2D eigenvalue weighted by Crippen LogP contribution is -2.29. The number of aliphatic hydroxyl groups excluding tert-OH is 2. The predicted octanol–water partition coefficient (Wildman–Crippen LogP) is 5.22. The van der Waals surface area contributed by atoms with E-state index in [2.05, 4.69) is 25.6 Å². The van der Waals surface area contributed by atoms with E-state index in [0.29, 0.717) is 40.3 Å². The molecule has 2 aromatic carbocycles. The topological polar surface area (TPSA) is 125 Å². The summed E-state index contributed by atoms with van der Waals surface area (Å²) in [6, 6.07) is 19.5. The Bertz CT molecular complexity index is 1700. The molecule has 1 atom stereocenters. The highest BCUT2D eigenvalue weighted by molar-refractivity contribution is 6.36.